The van der Waals surface area contributed by atoms with Gasteiger partial charge in [-0.25, -0.2) is 22.7 Å². The molecular weight excluding hydrogens is 814 g/mol. The summed E-state index contributed by atoms with van der Waals surface area (Å²) in [6, 6.07) is 15.0. The van der Waals surface area contributed by atoms with Crippen LogP contribution in [0.5, 0.6) is 0 Å². The third kappa shape index (κ3) is 8.86. The molecule has 63 heavy (non-hydrogen) atoms. The molecule has 7 heterocycles. The molecule has 2 unspecified atom stereocenters. The number of nitrogens with one attached hydrogen (secondary N) is 3. The van der Waals surface area contributed by atoms with E-state index in [-0.39, 0.29) is 36.7 Å². The van der Waals surface area contributed by atoms with Gasteiger partial charge < -0.3 is 26.2 Å². The second kappa shape index (κ2) is 17.5. The van der Waals surface area contributed by atoms with E-state index in [1.54, 1.807) is 30.3 Å². The number of nitrogens with two attached hydrogens (primary N) is 1. The molecule has 5 aromatic rings. The van der Waals surface area contributed by atoms with Crippen LogP contribution in [0.1, 0.15) is 60.1 Å². The van der Waals surface area contributed by atoms with E-state index in [4.69, 9.17) is 15.8 Å². The molecule has 3 aromatic heterocycles. The summed E-state index contributed by atoms with van der Waals surface area (Å²) >= 11 is 0. The number of fused-ring (bicyclic) bond motifs is 2. The molecule has 10 rings (SSSR count). The Kier molecular flexibility index (Phi) is 11.7. The Morgan fingerprint density at radius 1 is 0.921 bits per heavy atom. The van der Waals surface area contributed by atoms with Gasteiger partial charge in [-0.1, -0.05) is 37.5 Å². The Morgan fingerprint density at radius 3 is 2.41 bits per heavy atom. The van der Waals surface area contributed by atoms with E-state index in [0.29, 0.717) is 75.1 Å². The Hall–Kier alpha value is -6.27. The first-order valence-corrected chi connectivity index (χ1v) is 21.7. The normalized spacial score (nSPS) is 21.1. The van der Waals surface area contributed by atoms with Crippen LogP contribution in [0.25, 0.3) is 16.9 Å². The summed E-state index contributed by atoms with van der Waals surface area (Å²) in [6.07, 6.45) is 9.22. The van der Waals surface area contributed by atoms with Gasteiger partial charge in [-0.3, -0.25) is 34.5 Å². The number of hydrogen-bond donors (Lipinski definition) is 4. The van der Waals surface area contributed by atoms with Crippen LogP contribution in [0.3, 0.4) is 0 Å². The molecule has 2 aromatic carbocycles. The van der Waals surface area contributed by atoms with Gasteiger partial charge >= 0.3 is 0 Å². The second-order valence-corrected chi connectivity index (χ2v) is 16.8. The third-order valence-corrected chi connectivity index (χ3v) is 12.4. The molecule has 0 radical (unpaired) electrons. The first kappa shape index (κ1) is 42.1. The summed E-state index contributed by atoms with van der Waals surface area (Å²) in [5, 5.41) is 13.0. The lowest BCUT2D eigenvalue weighted by Crippen LogP contribution is -2.61. The molecule has 5 N–H and O–H groups in total. The number of benzene rings is 2. The molecule has 4 aliphatic heterocycles. The van der Waals surface area contributed by atoms with Crippen LogP contribution in [-0.4, -0.2) is 118 Å². The number of primary amides is 1. The Bertz CT molecular complexity index is 2520. The van der Waals surface area contributed by atoms with E-state index in [2.05, 4.69) is 25.8 Å². The summed E-state index contributed by atoms with van der Waals surface area (Å²) in [6.45, 7) is 2.98. The van der Waals surface area contributed by atoms with Crippen molar-refractivity contribution >= 4 is 51.9 Å². The van der Waals surface area contributed by atoms with Crippen molar-refractivity contribution in [3.05, 3.63) is 89.6 Å². The zero-order valence-corrected chi connectivity index (χ0v) is 35.1. The van der Waals surface area contributed by atoms with Crippen molar-refractivity contribution in [2.45, 2.75) is 69.5 Å². The first-order chi connectivity index (χ1) is 30.4. The number of pyridine rings is 1. The summed E-state index contributed by atoms with van der Waals surface area (Å²) in [7, 11) is 1.78. The number of piperidine rings is 2. The molecule has 2 atom stereocenters. The first-order valence-electron chi connectivity index (χ1n) is 21.7. The number of carbonyl (C=O) groups excluding carboxylic acids is 3. The van der Waals surface area contributed by atoms with Crippen LogP contribution in [-0.2, 0) is 22.6 Å². The molecule has 0 spiro atoms. The van der Waals surface area contributed by atoms with Crippen LogP contribution in [0.2, 0.25) is 0 Å². The molecule has 1 aliphatic carbocycles. The van der Waals surface area contributed by atoms with Gasteiger partial charge in [0.25, 0.3) is 11.8 Å². The van der Waals surface area contributed by atoms with Crippen molar-refractivity contribution in [1.29, 1.82) is 0 Å². The predicted octanol–water partition coefficient (Wildman–Crippen LogP) is 5.18. The lowest BCUT2D eigenvalue weighted by atomic mass is 9.97. The highest BCUT2D eigenvalue weighted by molar-refractivity contribution is 6.01. The number of halogens is 3. The third-order valence-electron chi connectivity index (χ3n) is 12.4. The molecule has 330 valence electrons. The highest BCUT2D eigenvalue weighted by atomic mass is 19.3. The van der Waals surface area contributed by atoms with E-state index < -0.39 is 35.6 Å². The van der Waals surface area contributed by atoms with Crippen LogP contribution in [0.15, 0.2) is 67.0 Å². The van der Waals surface area contributed by atoms with Gasteiger partial charge in [0.1, 0.15) is 17.6 Å². The number of amides is 3. The van der Waals surface area contributed by atoms with Crippen molar-refractivity contribution in [3.8, 4) is 11.3 Å². The number of imidazole rings is 1. The van der Waals surface area contributed by atoms with E-state index in [0.717, 1.165) is 34.5 Å². The molecule has 1 saturated carbocycles. The minimum absolute atomic E-state index is 0.170. The van der Waals surface area contributed by atoms with Crippen molar-refractivity contribution in [2.24, 2.45) is 5.73 Å². The van der Waals surface area contributed by atoms with Gasteiger partial charge in [0, 0.05) is 88.5 Å². The molecular formula is C45H51F3N12O3. The van der Waals surface area contributed by atoms with Gasteiger partial charge in [0.2, 0.25) is 11.8 Å². The zero-order valence-electron chi connectivity index (χ0n) is 35.1. The highest BCUT2D eigenvalue weighted by Gasteiger charge is 2.48. The van der Waals surface area contributed by atoms with Crippen LogP contribution in [0, 0.1) is 5.82 Å². The Morgan fingerprint density at radius 2 is 1.73 bits per heavy atom. The topological polar surface area (TPSA) is 169 Å². The number of aromatic nitrogens is 4. The van der Waals surface area contributed by atoms with Crippen LogP contribution < -0.4 is 31.5 Å². The average Bonchev–Trinajstić information content (AvgIpc) is 3.99. The maximum absolute atomic E-state index is 15.8. The summed E-state index contributed by atoms with van der Waals surface area (Å²) < 4.78 is 48.2. The monoisotopic (exact) mass is 864 g/mol. The van der Waals surface area contributed by atoms with E-state index in [1.165, 1.54) is 36.0 Å². The smallest absolute Gasteiger partial charge is 0.275 e. The maximum atomic E-state index is 15.8. The van der Waals surface area contributed by atoms with Crippen LogP contribution in [0.4, 0.5) is 41.7 Å². The van der Waals surface area contributed by atoms with E-state index >= 15 is 13.2 Å². The minimum atomic E-state index is -2.92. The van der Waals surface area contributed by atoms with Crippen molar-refractivity contribution < 1.29 is 27.6 Å². The number of alkyl halides is 2. The van der Waals surface area contributed by atoms with Crippen molar-refractivity contribution in [2.75, 3.05) is 73.3 Å². The summed E-state index contributed by atoms with van der Waals surface area (Å²) in [5.74, 6) is -4.26. The van der Waals surface area contributed by atoms with Gasteiger partial charge in [0.15, 0.2) is 11.5 Å². The Labute approximate surface area is 362 Å². The quantitative estimate of drug-likeness (QED) is 0.136. The fraction of sp³-hybridized carbons (Fsp3) is 0.422. The summed E-state index contributed by atoms with van der Waals surface area (Å²) in [4.78, 5) is 52.5. The van der Waals surface area contributed by atoms with Gasteiger partial charge in [-0.15, -0.1) is 5.10 Å². The number of nitrogens with zero attached hydrogens (tertiary/aromatic N) is 8. The molecule has 15 nitrogen and oxygen atoms in total. The number of anilines is 5. The number of carbonyl (C=O) groups is 3. The number of hydrogen-bond acceptors (Lipinski definition) is 12. The van der Waals surface area contributed by atoms with Gasteiger partial charge in [-0.05, 0) is 60.7 Å². The molecule has 0 bridgehead atoms. The zero-order chi connectivity index (χ0) is 43.8. The lowest BCUT2D eigenvalue weighted by molar-refractivity contribution is -0.133. The number of rotatable bonds is 10. The molecule has 3 amide bonds. The van der Waals surface area contributed by atoms with E-state index in [1.807, 2.05) is 46.2 Å². The van der Waals surface area contributed by atoms with Crippen molar-refractivity contribution in [1.82, 2.24) is 34.7 Å². The SMILES string of the molecule is C1CC1.CNc1cc(N2CCc3c(-c4ccc(CN5CCC(N6CCN(c7ccc(NC8CCC(=O)NC8=O)c(F)c7)CC6)C(F)(F)C5)cn4)cccc32)nn2c(C(N)=O)cnc12. The molecule has 18 heteroatoms. The maximum Gasteiger partial charge on any atom is 0.275 e. The Balaban J connectivity index is 0.00000161. The molecule has 3 saturated heterocycles. The van der Waals surface area contributed by atoms with Crippen LogP contribution >= 0.6 is 0 Å². The predicted molar refractivity (Wildman–Crippen MR) is 234 cm³/mol. The largest absolute Gasteiger partial charge is 0.385 e. The summed E-state index contributed by atoms with van der Waals surface area (Å²) in [5.41, 5.74) is 12.5. The second-order valence-electron chi connectivity index (χ2n) is 16.8. The van der Waals surface area contributed by atoms with Gasteiger partial charge in [0.05, 0.1) is 35.9 Å². The number of piperazine rings is 1. The van der Waals surface area contributed by atoms with Crippen molar-refractivity contribution in [3.63, 3.8) is 0 Å². The minimum Gasteiger partial charge on any atom is -0.385 e. The van der Waals surface area contributed by atoms with E-state index in [9.17, 15) is 14.4 Å². The van der Waals surface area contributed by atoms with Gasteiger partial charge in [-0.2, -0.15) is 0 Å². The lowest BCUT2D eigenvalue weighted by Gasteiger charge is -2.46. The standard InChI is InChI=1S/C42H45F3N12O3.C3H6/c1-47-33-20-37(52-57-35(39(46)59)22-49-40(33)57)56-14-11-28-27(3-2-4-34(28)56)30-7-5-25(21-48-30)23-53-13-12-36(42(44,45)24-53)55-17-15-54(16-18-55)26-6-8-31(29(43)19-26)50-32-9-10-38(58)51-41(32)60;1-2-3-1/h2-8,19-22,32,36,47,50H,9-18,23-24H2,1H3,(H2,46,59)(H,51,58,60);1-3H2. The molecule has 5 aliphatic rings. The molecule has 4 fully saturated rings. The highest BCUT2D eigenvalue weighted by Crippen LogP contribution is 2.40. The fourth-order valence-corrected chi connectivity index (χ4v) is 9.00. The number of imide groups is 1. The average molecular weight is 865 g/mol. The number of likely N-dealkylation sites (tertiary alicyclic amines) is 1. The fourth-order valence-electron chi connectivity index (χ4n) is 9.00.